The monoisotopic (exact) mass is 327 g/mol. The second kappa shape index (κ2) is 7.91. The van der Waals surface area contributed by atoms with Crippen molar-refractivity contribution in [1.82, 2.24) is 4.90 Å². The van der Waals surface area contributed by atoms with E-state index in [1.54, 1.807) is 12.1 Å². The van der Waals surface area contributed by atoms with Crippen LogP contribution >= 0.6 is 0 Å². The molecule has 1 heterocycles. The summed E-state index contributed by atoms with van der Waals surface area (Å²) in [7, 11) is 0. The molecule has 1 N–H and O–H groups in total. The molecule has 0 radical (unpaired) electrons. The summed E-state index contributed by atoms with van der Waals surface area (Å²) >= 11 is 0. The number of β-amino-alcohol motifs (C(OH)–C–C–N with tert-alkyl or cyclic N) is 1. The number of nitrogens with zero attached hydrogens (tertiary/aromatic N) is 1. The van der Waals surface area contributed by atoms with Crippen LogP contribution in [0.25, 0.3) is 0 Å². The molecule has 0 saturated carbocycles. The molecule has 1 aliphatic heterocycles. The third-order valence-electron chi connectivity index (χ3n) is 4.92. The van der Waals surface area contributed by atoms with Crippen LogP contribution in [0.1, 0.15) is 30.4 Å². The van der Waals surface area contributed by atoms with Crippen molar-refractivity contribution in [1.29, 1.82) is 0 Å². The molecule has 128 valence electrons. The van der Waals surface area contributed by atoms with Gasteiger partial charge in [-0.2, -0.15) is 0 Å². The molecule has 1 aliphatic rings. The number of hydrogen-bond donors (Lipinski definition) is 1. The third kappa shape index (κ3) is 4.65. The van der Waals surface area contributed by atoms with E-state index in [1.165, 1.54) is 11.6 Å². The number of benzene rings is 2. The van der Waals surface area contributed by atoms with Gasteiger partial charge in [-0.25, -0.2) is 4.39 Å². The van der Waals surface area contributed by atoms with Gasteiger partial charge in [-0.1, -0.05) is 48.5 Å². The summed E-state index contributed by atoms with van der Waals surface area (Å²) in [5.41, 5.74) is 1.21. The number of rotatable bonds is 7. The van der Waals surface area contributed by atoms with Crippen LogP contribution < -0.4 is 0 Å². The van der Waals surface area contributed by atoms with Crippen molar-refractivity contribution < 1.29 is 9.50 Å². The molecule has 2 aromatic carbocycles. The third-order valence-corrected chi connectivity index (χ3v) is 4.92. The lowest BCUT2D eigenvalue weighted by atomic mass is 9.93. The highest BCUT2D eigenvalue weighted by Gasteiger charge is 2.36. The zero-order valence-electron chi connectivity index (χ0n) is 14.1. The molecular weight excluding hydrogens is 301 g/mol. The molecular formula is C21H26FNO. The molecule has 2 aromatic rings. The molecule has 1 saturated heterocycles. The Kier molecular flexibility index (Phi) is 5.64. The lowest BCUT2D eigenvalue weighted by molar-refractivity contribution is 0.0486. The number of aryl methyl sites for hydroxylation is 1. The number of likely N-dealkylation sites (tertiary alicyclic amines) is 1. The Labute approximate surface area is 143 Å². The molecule has 3 rings (SSSR count). The molecule has 24 heavy (non-hydrogen) atoms. The Morgan fingerprint density at radius 2 is 1.75 bits per heavy atom. The van der Waals surface area contributed by atoms with Crippen molar-refractivity contribution in [2.75, 3.05) is 19.6 Å². The van der Waals surface area contributed by atoms with E-state index in [2.05, 4.69) is 29.2 Å². The zero-order valence-corrected chi connectivity index (χ0v) is 14.1. The second-order valence-electron chi connectivity index (χ2n) is 6.96. The van der Waals surface area contributed by atoms with Gasteiger partial charge in [-0.05, 0) is 49.4 Å². The fourth-order valence-electron chi connectivity index (χ4n) is 3.58. The zero-order chi connectivity index (χ0) is 16.8. The van der Waals surface area contributed by atoms with Crippen molar-refractivity contribution in [3.05, 3.63) is 71.5 Å². The molecule has 0 spiro atoms. The lowest BCUT2D eigenvalue weighted by Gasteiger charge is -2.24. The van der Waals surface area contributed by atoms with Crippen molar-refractivity contribution in [2.45, 2.75) is 37.7 Å². The highest BCUT2D eigenvalue weighted by molar-refractivity contribution is 5.20. The minimum atomic E-state index is -0.790. The van der Waals surface area contributed by atoms with Gasteiger partial charge in [0.2, 0.25) is 0 Å². The van der Waals surface area contributed by atoms with Gasteiger partial charge in [-0.15, -0.1) is 0 Å². The minimum absolute atomic E-state index is 0.216. The topological polar surface area (TPSA) is 23.5 Å². The van der Waals surface area contributed by atoms with Gasteiger partial charge in [0.05, 0.1) is 5.60 Å². The Morgan fingerprint density at radius 1 is 1.00 bits per heavy atom. The first-order valence-electron chi connectivity index (χ1n) is 8.87. The van der Waals surface area contributed by atoms with Gasteiger partial charge in [0.25, 0.3) is 0 Å². The maximum atomic E-state index is 13.8. The van der Waals surface area contributed by atoms with Crippen molar-refractivity contribution in [3.63, 3.8) is 0 Å². The van der Waals surface area contributed by atoms with Crippen molar-refractivity contribution in [2.24, 2.45) is 0 Å². The molecule has 0 aromatic heterocycles. The average molecular weight is 327 g/mol. The summed E-state index contributed by atoms with van der Waals surface area (Å²) in [5.74, 6) is -0.216. The van der Waals surface area contributed by atoms with E-state index in [0.717, 1.165) is 38.8 Å². The van der Waals surface area contributed by atoms with Crippen LogP contribution in [-0.4, -0.2) is 35.2 Å². The lowest BCUT2D eigenvalue weighted by Crippen LogP contribution is -2.36. The van der Waals surface area contributed by atoms with Crippen LogP contribution in [0.3, 0.4) is 0 Å². The molecule has 0 amide bonds. The Hall–Kier alpha value is -1.71. The predicted octanol–water partition coefficient (Wildman–Crippen LogP) is 3.83. The first-order chi connectivity index (χ1) is 11.6. The first-order valence-corrected chi connectivity index (χ1v) is 8.87. The molecule has 1 atom stereocenters. The van der Waals surface area contributed by atoms with Crippen LogP contribution in [0.15, 0.2) is 54.6 Å². The van der Waals surface area contributed by atoms with E-state index < -0.39 is 5.60 Å². The van der Waals surface area contributed by atoms with E-state index in [0.29, 0.717) is 18.5 Å². The van der Waals surface area contributed by atoms with Gasteiger partial charge >= 0.3 is 0 Å². The van der Waals surface area contributed by atoms with Gasteiger partial charge in [0, 0.05) is 19.5 Å². The smallest absolute Gasteiger partial charge is 0.126 e. The van der Waals surface area contributed by atoms with E-state index in [9.17, 15) is 9.50 Å². The predicted molar refractivity (Wildman–Crippen MR) is 95.5 cm³/mol. The van der Waals surface area contributed by atoms with E-state index in [4.69, 9.17) is 0 Å². The van der Waals surface area contributed by atoms with Crippen LogP contribution in [0.2, 0.25) is 0 Å². The van der Waals surface area contributed by atoms with Crippen LogP contribution in [0.5, 0.6) is 0 Å². The number of aliphatic hydroxyl groups is 1. The minimum Gasteiger partial charge on any atom is -0.388 e. The molecule has 1 unspecified atom stereocenters. The SMILES string of the molecule is OC1(Cc2ccccc2F)CCN(CCCCc2ccccc2)C1. The van der Waals surface area contributed by atoms with Gasteiger partial charge in [0.15, 0.2) is 0 Å². The summed E-state index contributed by atoms with van der Waals surface area (Å²) in [5, 5.41) is 10.8. The van der Waals surface area contributed by atoms with Crippen molar-refractivity contribution >= 4 is 0 Å². The van der Waals surface area contributed by atoms with Crippen LogP contribution in [-0.2, 0) is 12.8 Å². The first kappa shape index (κ1) is 17.1. The highest BCUT2D eigenvalue weighted by atomic mass is 19.1. The van der Waals surface area contributed by atoms with Gasteiger partial charge < -0.3 is 10.0 Å². The normalized spacial score (nSPS) is 21.2. The Morgan fingerprint density at radius 3 is 2.54 bits per heavy atom. The molecule has 3 heteroatoms. The number of unbranched alkanes of at least 4 members (excludes halogenated alkanes) is 1. The Balaban J connectivity index is 1.42. The average Bonchev–Trinajstić information content (AvgIpc) is 2.96. The molecule has 2 nitrogen and oxygen atoms in total. The molecule has 0 aliphatic carbocycles. The van der Waals surface area contributed by atoms with E-state index >= 15 is 0 Å². The van der Waals surface area contributed by atoms with Gasteiger partial charge in [0.1, 0.15) is 5.82 Å². The van der Waals surface area contributed by atoms with Crippen LogP contribution in [0.4, 0.5) is 4.39 Å². The summed E-state index contributed by atoms with van der Waals surface area (Å²) in [6, 6.07) is 17.3. The highest BCUT2D eigenvalue weighted by Crippen LogP contribution is 2.26. The summed E-state index contributed by atoms with van der Waals surface area (Å²) < 4.78 is 13.8. The fraction of sp³-hybridized carbons (Fsp3) is 0.429. The maximum Gasteiger partial charge on any atom is 0.126 e. The number of hydrogen-bond acceptors (Lipinski definition) is 2. The number of halogens is 1. The maximum absolute atomic E-state index is 13.8. The second-order valence-corrected chi connectivity index (χ2v) is 6.96. The Bertz CT molecular complexity index is 645. The van der Waals surface area contributed by atoms with Gasteiger partial charge in [-0.3, -0.25) is 0 Å². The molecule has 1 fully saturated rings. The quantitative estimate of drug-likeness (QED) is 0.781. The van der Waals surface area contributed by atoms with E-state index in [1.807, 2.05) is 12.1 Å². The fourth-order valence-corrected chi connectivity index (χ4v) is 3.58. The van der Waals surface area contributed by atoms with E-state index in [-0.39, 0.29) is 5.82 Å². The summed E-state index contributed by atoms with van der Waals surface area (Å²) in [6.45, 7) is 2.55. The van der Waals surface area contributed by atoms with Crippen molar-refractivity contribution in [3.8, 4) is 0 Å². The molecule has 0 bridgehead atoms. The standard InChI is InChI=1S/C21H26FNO/c22-20-12-5-4-11-19(20)16-21(24)13-15-23(17-21)14-7-6-10-18-8-2-1-3-9-18/h1-5,8-9,11-12,24H,6-7,10,13-17H2. The summed E-state index contributed by atoms with van der Waals surface area (Å²) in [4.78, 5) is 2.31. The largest absolute Gasteiger partial charge is 0.388 e. The van der Waals surface area contributed by atoms with Crippen LogP contribution in [0, 0.1) is 5.82 Å². The summed E-state index contributed by atoms with van der Waals surface area (Å²) in [6.07, 6.45) is 4.52.